The van der Waals surface area contributed by atoms with E-state index in [2.05, 4.69) is 33.0 Å². The number of fused-ring (bicyclic) bond motifs is 1. The van der Waals surface area contributed by atoms with E-state index in [-0.39, 0.29) is 31.6 Å². The molecule has 0 aliphatic carbocycles. The van der Waals surface area contributed by atoms with Crippen LogP contribution >= 0.6 is 0 Å². The number of hydrogen-bond donors (Lipinski definition) is 5. The Balaban J connectivity index is 1.34. The Morgan fingerprint density at radius 2 is 1.85 bits per heavy atom. The van der Waals surface area contributed by atoms with Crippen LogP contribution in [0.25, 0.3) is 0 Å². The molecular weight excluding hydrogens is 436 g/mol. The van der Waals surface area contributed by atoms with Crippen LogP contribution in [-0.2, 0) is 17.8 Å². The second-order valence-electron chi connectivity index (χ2n) is 8.26. The van der Waals surface area contributed by atoms with Crippen LogP contribution in [0.5, 0.6) is 5.75 Å². The Kier molecular flexibility index (Phi) is 10.3. The van der Waals surface area contributed by atoms with Gasteiger partial charge in [-0.3, -0.25) is 14.5 Å². The molecule has 9 heteroatoms. The molecule has 2 amide bonds. The summed E-state index contributed by atoms with van der Waals surface area (Å²) in [6.45, 7) is 3.62. The lowest BCUT2D eigenvalue weighted by Crippen LogP contribution is -2.42. The number of β-amino-alcohol motifs (C(OH)–C–C–N with tert-alkyl or cyclic N) is 1. The second kappa shape index (κ2) is 13.7. The molecule has 2 aromatic rings. The average molecular weight is 471 g/mol. The van der Waals surface area contributed by atoms with E-state index in [9.17, 15) is 14.7 Å². The number of nitrogens with zero attached hydrogens (tertiary/aromatic N) is 1. The number of ether oxygens (including phenoxy) is 1. The summed E-state index contributed by atoms with van der Waals surface area (Å²) in [6.07, 6.45) is 0.286. The third-order valence-electron chi connectivity index (χ3n) is 5.56. The average Bonchev–Trinajstić information content (AvgIpc) is 2.86. The Hall–Kier alpha value is -2.98. The van der Waals surface area contributed by atoms with Crippen molar-refractivity contribution in [2.24, 2.45) is 0 Å². The number of nitrogens with one attached hydrogen (secondary N) is 3. The zero-order valence-corrected chi connectivity index (χ0v) is 19.3. The summed E-state index contributed by atoms with van der Waals surface area (Å²) in [5.74, 6) is -0.175. The fourth-order valence-electron chi connectivity index (χ4n) is 3.80. The number of carbonyl (C=O) groups is 2. The molecule has 1 aliphatic rings. The van der Waals surface area contributed by atoms with Crippen molar-refractivity contribution >= 4 is 11.8 Å². The predicted molar refractivity (Wildman–Crippen MR) is 129 cm³/mol. The number of benzene rings is 2. The summed E-state index contributed by atoms with van der Waals surface area (Å²) in [4.78, 5) is 26.6. The molecule has 5 N–H and O–H groups in total. The molecule has 0 saturated heterocycles. The molecule has 34 heavy (non-hydrogen) atoms. The molecule has 0 bridgehead atoms. The highest BCUT2D eigenvalue weighted by Crippen LogP contribution is 2.18. The van der Waals surface area contributed by atoms with Crippen LogP contribution in [0, 0.1) is 0 Å². The maximum absolute atomic E-state index is 12.2. The van der Waals surface area contributed by atoms with Gasteiger partial charge in [-0.2, -0.15) is 0 Å². The van der Waals surface area contributed by atoms with Crippen molar-refractivity contribution in [3.8, 4) is 5.75 Å². The summed E-state index contributed by atoms with van der Waals surface area (Å²) in [5, 5.41) is 27.5. The molecule has 184 valence electrons. The van der Waals surface area contributed by atoms with Gasteiger partial charge in [0.1, 0.15) is 5.75 Å². The summed E-state index contributed by atoms with van der Waals surface area (Å²) in [6, 6.07) is 14.9. The van der Waals surface area contributed by atoms with Crippen molar-refractivity contribution < 1.29 is 24.5 Å². The lowest BCUT2D eigenvalue weighted by Gasteiger charge is -2.30. The molecule has 0 saturated carbocycles. The van der Waals surface area contributed by atoms with Gasteiger partial charge in [0.05, 0.1) is 12.7 Å². The van der Waals surface area contributed by atoms with Crippen molar-refractivity contribution in [2.75, 3.05) is 52.5 Å². The predicted octanol–water partition coefficient (Wildman–Crippen LogP) is -0.0875. The molecule has 0 spiro atoms. The topological polar surface area (TPSA) is 123 Å². The zero-order valence-electron chi connectivity index (χ0n) is 19.3. The fourth-order valence-corrected chi connectivity index (χ4v) is 3.80. The highest BCUT2D eigenvalue weighted by molar-refractivity contribution is 5.94. The minimum Gasteiger partial charge on any atom is -0.484 e. The molecule has 1 aliphatic heterocycles. The van der Waals surface area contributed by atoms with Crippen LogP contribution < -0.4 is 20.7 Å². The van der Waals surface area contributed by atoms with Crippen molar-refractivity contribution in [1.29, 1.82) is 0 Å². The van der Waals surface area contributed by atoms with E-state index in [1.165, 1.54) is 11.1 Å². The van der Waals surface area contributed by atoms with E-state index in [1.54, 1.807) is 24.3 Å². The van der Waals surface area contributed by atoms with Gasteiger partial charge in [0.15, 0.2) is 6.61 Å². The molecule has 1 atom stereocenters. The number of carbonyl (C=O) groups excluding carboxylic acids is 2. The standard InChI is InChI=1S/C25H34N4O5/c30-13-11-26-9-10-27-25(33)20-6-3-7-23(14-20)34-18-24(32)28-15-22(31)17-29-12-8-19-4-1-2-5-21(19)16-29/h1-7,14,22,26,30-31H,8-13,15-18H2,(H,27,33)(H,28,32)/t22-/m1/s1. The third-order valence-corrected chi connectivity index (χ3v) is 5.56. The lowest BCUT2D eigenvalue weighted by atomic mass is 10.00. The molecule has 2 aromatic carbocycles. The highest BCUT2D eigenvalue weighted by atomic mass is 16.5. The fraction of sp³-hybridized carbons (Fsp3) is 0.440. The molecule has 3 rings (SSSR count). The van der Waals surface area contributed by atoms with E-state index in [4.69, 9.17) is 9.84 Å². The third kappa shape index (κ3) is 8.42. The maximum Gasteiger partial charge on any atom is 0.258 e. The molecule has 1 heterocycles. The summed E-state index contributed by atoms with van der Waals surface area (Å²) in [5.41, 5.74) is 3.07. The van der Waals surface area contributed by atoms with Gasteiger partial charge >= 0.3 is 0 Å². The smallest absolute Gasteiger partial charge is 0.258 e. The Bertz CT molecular complexity index is 939. The minimum absolute atomic E-state index is 0.0489. The van der Waals surface area contributed by atoms with Crippen LogP contribution in [0.3, 0.4) is 0 Å². The number of aliphatic hydroxyl groups is 2. The molecule has 0 fully saturated rings. The van der Waals surface area contributed by atoms with Crippen LogP contribution in [0.2, 0.25) is 0 Å². The highest BCUT2D eigenvalue weighted by Gasteiger charge is 2.18. The van der Waals surface area contributed by atoms with Gasteiger partial charge in [0.25, 0.3) is 11.8 Å². The van der Waals surface area contributed by atoms with Crippen LogP contribution in [-0.4, -0.2) is 85.5 Å². The number of hydrogen-bond acceptors (Lipinski definition) is 7. The minimum atomic E-state index is -0.673. The second-order valence-corrected chi connectivity index (χ2v) is 8.26. The van der Waals surface area contributed by atoms with Crippen LogP contribution in [0.15, 0.2) is 48.5 Å². The first kappa shape index (κ1) is 25.6. The number of amides is 2. The largest absolute Gasteiger partial charge is 0.484 e. The Labute approximate surface area is 200 Å². The van der Waals surface area contributed by atoms with E-state index in [0.717, 1.165) is 19.5 Å². The summed E-state index contributed by atoms with van der Waals surface area (Å²) < 4.78 is 5.51. The van der Waals surface area contributed by atoms with E-state index in [1.807, 2.05) is 12.1 Å². The first-order chi connectivity index (χ1) is 16.5. The monoisotopic (exact) mass is 470 g/mol. The zero-order chi connectivity index (χ0) is 24.2. The van der Waals surface area contributed by atoms with Gasteiger partial charge < -0.3 is 30.9 Å². The van der Waals surface area contributed by atoms with Crippen molar-refractivity contribution in [2.45, 2.75) is 19.1 Å². The van der Waals surface area contributed by atoms with Gasteiger partial charge in [-0.25, -0.2) is 0 Å². The maximum atomic E-state index is 12.2. The first-order valence-electron chi connectivity index (χ1n) is 11.6. The van der Waals surface area contributed by atoms with Crippen molar-refractivity contribution in [1.82, 2.24) is 20.9 Å². The Morgan fingerprint density at radius 3 is 2.68 bits per heavy atom. The van der Waals surface area contributed by atoms with Crippen LogP contribution in [0.1, 0.15) is 21.5 Å². The normalized spacial score (nSPS) is 14.2. The molecule has 0 aromatic heterocycles. The van der Waals surface area contributed by atoms with E-state index < -0.39 is 6.10 Å². The Morgan fingerprint density at radius 1 is 1.03 bits per heavy atom. The van der Waals surface area contributed by atoms with Crippen molar-refractivity contribution in [3.05, 3.63) is 65.2 Å². The lowest BCUT2D eigenvalue weighted by molar-refractivity contribution is -0.123. The molecular formula is C25H34N4O5. The summed E-state index contributed by atoms with van der Waals surface area (Å²) >= 11 is 0. The van der Waals surface area contributed by atoms with Gasteiger partial charge in [-0.05, 0) is 35.7 Å². The first-order valence-corrected chi connectivity index (χ1v) is 11.6. The van der Waals surface area contributed by atoms with Gasteiger partial charge in [0, 0.05) is 51.4 Å². The van der Waals surface area contributed by atoms with E-state index in [0.29, 0.717) is 37.5 Å². The van der Waals surface area contributed by atoms with Gasteiger partial charge in [-0.1, -0.05) is 30.3 Å². The van der Waals surface area contributed by atoms with E-state index >= 15 is 0 Å². The molecule has 0 radical (unpaired) electrons. The molecule has 0 unspecified atom stereocenters. The van der Waals surface area contributed by atoms with Gasteiger partial charge in [0.2, 0.25) is 0 Å². The number of aliphatic hydroxyl groups excluding tert-OH is 2. The van der Waals surface area contributed by atoms with Crippen molar-refractivity contribution in [3.63, 3.8) is 0 Å². The quantitative estimate of drug-likeness (QED) is 0.259. The molecule has 9 nitrogen and oxygen atoms in total. The number of rotatable bonds is 13. The van der Waals surface area contributed by atoms with Gasteiger partial charge in [-0.15, -0.1) is 0 Å². The summed E-state index contributed by atoms with van der Waals surface area (Å²) in [7, 11) is 0. The SMILES string of the molecule is O=C(COc1cccc(C(=O)NCCNCCO)c1)NC[C@@H](O)CN1CCc2ccccc2C1. The van der Waals surface area contributed by atoms with Crippen LogP contribution in [0.4, 0.5) is 0 Å².